The predicted molar refractivity (Wildman–Crippen MR) is 80.0 cm³/mol. The number of thioether (sulfide) groups is 1. The van der Waals surface area contributed by atoms with Crippen molar-refractivity contribution < 1.29 is 14.7 Å². The molecule has 1 saturated heterocycles. The number of amides is 2. The average molecular weight is 312 g/mol. The maximum atomic E-state index is 12.2. The van der Waals surface area contributed by atoms with Crippen LogP contribution in [0, 0.1) is 0 Å². The first kappa shape index (κ1) is 15.7. The third kappa shape index (κ3) is 3.90. The number of carbonyl (C=O) groups is 2. The Balaban J connectivity index is 1.81. The lowest BCUT2D eigenvalue weighted by Crippen LogP contribution is -2.50. The van der Waals surface area contributed by atoms with E-state index in [0.717, 1.165) is 19.4 Å². The first-order chi connectivity index (χ1) is 10.1. The van der Waals surface area contributed by atoms with Gasteiger partial charge in [-0.3, -0.25) is 9.58 Å². The second-order valence-electron chi connectivity index (χ2n) is 4.81. The van der Waals surface area contributed by atoms with Gasteiger partial charge < -0.3 is 10.4 Å². The largest absolute Gasteiger partial charge is 0.480 e. The van der Waals surface area contributed by atoms with Crippen molar-refractivity contribution in [3.63, 3.8) is 0 Å². The molecule has 116 valence electrons. The SMILES string of the molecule is CCC1SCC(C(=O)O)N1C(=O)NCCCn1cccn1. The second kappa shape index (κ2) is 7.35. The van der Waals surface area contributed by atoms with Gasteiger partial charge in [0.2, 0.25) is 0 Å². The monoisotopic (exact) mass is 312 g/mol. The number of aryl methyl sites for hydroxylation is 1. The Kier molecular flexibility index (Phi) is 5.49. The number of carbonyl (C=O) groups excluding carboxylic acids is 1. The Hall–Kier alpha value is -1.70. The third-order valence-corrected chi connectivity index (χ3v) is 4.81. The number of urea groups is 1. The van der Waals surface area contributed by atoms with Crippen molar-refractivity contribution >= 4 is 23.8 Å². The normalized spacial score (nSPS) is 21.5. The molecule has 2 rings (SSSR count). The van der Waals surface area contributed by atoms with Gasteiger partial charge in [-0.25, -0.2) is 9.59 Å². The summed E-state index contributed by atoms with van der Waals surface area (Å²) < 4.78 is 1.80. The average Bonchev–Trinajstić information content (AvgIpc) is 3.11. The van der Waals surface area contributed by atoms with E-state index >= 15 is 0 Å². The van der Waals surface area contributed by atoms with Crippen LogP contribution in [0.25, 0.3) is 0 Å². The molecule has 2 unspecified atom stereocenters. The second-order valence-corrected chi connectivity index (χ2v) is 6.02. The predicted octanol–water partition coefficient (Wildman–Crippen LogP) is 1.22. The van der Waals surface area contributed by atoms with Crippen LogP contribution in [0.2, 0.25) is 0 Å². The van der Waals surface area contributed by atoms with Crippen molar-refractivity contribution in [2.75, 3.05) is 12.3 Å². The standard InChI is InChI=1S/C13H20N4O3S/c1-2-11-17(10(9-21-11)12(18)19)13(20)14-5-3-7-16-8-4-6-15-16/h4,6,8,10-11H,2-3,5,7,9H2,1H3,(H,14,20)(H,18,19). The highest BCUT2D eigenvalue weighted by Gasteiger charge is 2.40. The van der Waals surface area contributed by atoms with Gasteiger partial charge in [-0.05, 0) is 18.9 Å². The molecule has 8 heteroatoms. The summed E-state index contributed by atoms with van der Waals surface area (Å²) >= 11 is 1.52. The van der Waals surface area contributed by atoms with E-state index in [9.17, 15) is 14.7 Å². The first-order valence-electron chi connectivity index (χ1n) is 7.01. The molecule has 0 aromatic carbocycles. The summed E-state index contributed by atoms with van der Waals surface area (Å²) in [5.41, 5.74) is 0. The molecule has 1 aliphatic heterocycles. The highest BCUT2D eigenvalue weighted by molar-refractivity contribution is 8.00. The first-order valence-corrected chi connectivity index (χ1v) is 8.06. The molecule has 1 aromatic heterocycles. The van der Waals surface area contributed by atoms with E-state index in [1.54, 1.807) is 10.9 Å². The van der Waals surface area contributed by atoms with Crippen LogP contribution >= 0.6 is 11.8 Å². The Labute approximate surface area is 127 Å². The maximum Gasteiger partial charge on any atom is 0.327 e. The van der Waals surface area contributed by atoms with Gasteiger partial charge in [0, 0.05) is 31.2 Å². The van der Waals surface area contributed by atoms with Gasteiger partial charge in [0.05, 0.1) is 5.37 Å². The number of carboxylic acids is 1. The Bertz CT molecular complexity index is 480. The quantitative estimate of drug-likeness (QED) is 0.771. The minimum Gasteiger partial charge on any atom is -0.480 e. The molecule has 2 N–H and O–H groups in total. The van der Waals surface area contributed by atoms with Crippen LogP contribution in [0.5, 0.6) is 0 Å². The van der Waals surface area contributed by atoms with Crippen LogP contribution < -0.4 is 5.32 Å². The van der Waals surface area contributed by atoms with E-state index < -0.39 is 12.0 Å². The van der Waals surface area contributed by atoms with Crippen molar-refractivity contribution in [2.24, 2.45) is 0 Å². The summed E-state index contributed by atoms with van der Waals surface area (Å²) in [5, 5.41) is 16.0. The molecule has 7 nitrogen and oxygen atoms in total. The van der Waals surface area contributed by atoms with Crippen molar-refractivity contribution in [2.45, 2.75) is 37.7 Å². The number of nitrogens with zero attached hydrogens (tertiary/aromatic N) is 3. The zero-order valence-electron chi connectivity index (χ0n) is 11.9. The van der Waals surface area contributed by atoms with Gasteiger partial charge in [-0.2, -0.15) is 5.10 Å². The molecule has 21 heavy (non-hydrogen) atoms. The highest BCUT2D eigenvalue weighted by atomic mass is 32.2. The molecule has 0 aliphatic carbocycles. The molecule has 2 heterocycles. The Morgan fingerprint density at radius 2 is 2.33 bits per heavy atom. The number of hydrogen-bond acceptors (Lipinski definition) is 4. The van der Waals surface area contributed by atoms with Crippen molar-refractivity contribution in [3.05, 3.63) is 18.5 Å². The molecular formula is C13H20N4O3S. The van der Waals surface area contributed by atoms with E-state index in [1.165, 1.54) is 16.7 Å². The fourth-order valence-electron chi connectivity index (χ4n) is 2.30. The molecule has 2 atom stereocenters. The van der Waals surface area contributed by atoms with Crippen LogP contribution in [-0.2, 0) is 11.3 Å². The Morgan fingerprint density at radius 3 is 2.95 bits per heavy atom. The summed E-state index contributed by atoms with van der Waals surface area (Å²) in [7, 11) is 0. The van der Waals surface area contributed by atoms with Crippen LogP contribution in [0.15, 0.2) is 18.5 Å². The number of rotatable bonds is 6. The minimum absolute atomic E-state index is 0.0581. The zero-order chi connectivity index (χ0) is 15.2. The molecule has 0 bridgehead atoms. The van der Waals surface area contributed by atoms with Crippen molar-refractivity contribution in [3.8, 4) is 0 Å². The van der Waals surface area contributed by atoms with Gasteiger partial charge in [-0.1, -0.05) is 6.92 Å². The topological polar surface area (TPSA) is 87.5 Å². The van der Waals surface area contributed by atoms with Crippen molar-refractivity contribution in [1.29, 1.82) is 0 Å². The molecule has 0 saturated carbocycles. The van der Waals surface area contributed by atoms with Gasteiger partial charge >= 0.3 is 12.0 Å². The highest BCUT2D eigenvalue weighted by Crippen LogP contribution is 2.31. The molecular weight excluding hydrogens is 292 g/mol. The number of nitrogens with one attached hydrogen (secondary N) is 1. The van der Waals surface area contributed by atoms with Gasteiger partial charge in [0.15, 0.2) is 0 Å². The van der Waals surface area contributed by atoms with Gasteiger partial charge in [0.1, 0.15) is 6.04 Å². The number of aromatic nitrogens is 2. The summed E-state index contributed by atoms with van der Waals surface area (Å²) in [5.74, 6) is -0.487. The summed E-state index contributed by atoms with van der Waals surface area (Å²) in [6.07, 6.45) is 5.08. The summed E-state index contributed by atoms with van der Waals surface area (Å²) in [4.78, 5) is 24.9. The summed E-state index contributed by atoms with van der Waals surface area (Å²) in [6.45, 7) is 3.18. The van der Waals surface area contributed by atoms with E-state index in [2.05, 4.69) is 10.4 Å². The minimum atomic E-state index is -0.940. The zero-order valence-corrected chi connectivity index (χ0v) is 12.8. The van der Waals surface area contributed by atoms with Crippen LogP contribution in [0.4, 0.5) is 4.79 Å². The fourth-order valence-corrected chi connectivity index (χ4v) is 3.65. The Morgan fingerprint density at radius 1 is 1.52 bits per heavy atom. The lowest BCUT2D eigenvalue weighted by atomic mass is 10.3. The van der Waals surface area contributed by atoms with E-state index in [-0.39, 0.29) is 11.4 Å². The lowest BCUT2D eigenvalue weighted by molar-refractivity contribution is -0.141. The smallest absolute Gasteiger partial charge is 0.327 e. The number of carboxylic acid groups (broad SMARTS) is 1. The molecule has 0 radical (unpaired) electrons. The molecule has 0 spiro atoms. The van der Waals surface area contributed by atoms with Gasteiger partial charge in [0.25, 0.3) is 0 Å². The number of aliphatic carboxylic acids is 1. The fraction of sp³-hybridized carbons (Fsp3) is 0.615. The van der Waals surface area contributed by atoms with Crippen LogP contribution in [-0.4, -0.2) is 55.5 Å². The third-order valence-electron chi connectivity index (χ3n) is 3.36. The van der Waals surface area contributed by atoms with E-state index in [1.807, 2.05) is 19.2 Å². The lowest BCUT2D eigenvalue weighted by Gasteiger charge is -2.26. The van der Waals surface area contributed by atoms with E-state index in [4.69, 9.17) is 0 Å². The van der Waals surface area contributed by atoms with Gasteiger partial charge in [-0.15, -0.1) is 11.8 Å². The molecule has 2 amide bonds. The van der Waals surface area contributed by atoms with Crippen LogP contribution in [0.1, 0.15) is 19.8 Å². The van der Waals surface area contributed by atoms with Crippen LogP contribution in [0.3, 0.4) is 0 Å². The number of hydrogen-bond donors (Lipinski definition) is 2. The maximum absolute atomic E-state index is 12.2. The molecule has 1 aromatic rings. The molecule has 1 fully saturated rings. The molecule has 1 aliphatic rings. The van der Waals surface area contributed by atoms with E-state index in [0.29, 0.717) is 12.3 Å². The summed E-state index contributed by atoms with van der Waals surface area (Å²) in [6, 6.07) is 0.828. The van der Waals surface area contributed by atoms with Crippen molar-refractivity contribution in [1.82, 2.24) is 20.0 Å².